The fourth-order valence-corrected chi connectivity index (χ4v) is 5.72. The van der Waals surface area contributed by atoms with Crippen LogP contribution >= 0.6 is 22.6 Å². The summed E-state index contributed by atoms with van der Waals surface area (Å²) in [7, 11) is 0. The zero-order valence-electron chi connectivity index (χ0n) is 23.5. The normalized spacial score (nSPS) is 15.9. The molecule has 0 N–H and O–H groups in total. The molecule has 0 saturated carbocycles. The summed E-state index contributed by atoms with van der Waals surface area (Å²) >= 11 is 2.29. The van der Waals surface area contributed by atoms with Gasteiger partial charge in [-0.25, -0.2) is 0 Å². The summed E-state index contributed by atoms with van der Waals surface area (Å²) in [4.78, 5) is 19.5. The highest BCUT2D eigenvalue weighted by Gasteiger charge is 2.32. The molecule has 0 spiro atoms. The van der Waals surface area contributed by atoms with E-state index in [-0.39, 0.29) is 11.9 Å². The minimum absolute atomic E-state index is 0.0863. The summed E-state index contributed by atoms with van der Waals surface area (Å²) in [6, 6.07) is 16.1. The van der Waals surface area contributed by atoms with E-state index in [1.165, 1.54) is 11.1 Å². The summed E-state index contributed by atoms with van der Waals surface area (Å²) in [5.41, 5.74) is 4.86. The van der Waals surface area contributed by atoms with Crippen LogP contribution in [0.25, 0.3) is 0 Å². The minimum atomic E-state index is 0.0863. The predicted octanol–water partition coefficient (Wildman–Crippen LogP) is 8.35. The van der Waals surface area contributed by atoms with E-state index >= 15 is 0 Å². The maximum atomic E-state index is 13.0. The van der Waals surface area contributed by atoms with Crippen molar-refractivity contribution in [3.8, 4) is 23.0 Å². The van der Waals surface area contributed by atoms with E-state index in [0.717, 1.165) is 82.9 Å². The van der Waals surface area contributed by atoms with Gasteiger partial charge in [0.1, 0.15) is 23.0 Å². The molecule has 0 radical (unpaired) electrons. The molecule has 210 valence electrons. The van der Waals surface area contributed by atoms with Crippen molar-refractivity contribution in [2.75, 3.05) is 19.8 Å². The van der Waals surface area contributed by atoms with Crippen LogP contribution < -0.4 is 14.2 Å². The average molecular weight is 653 g/mol. The number of benzene rings is 3. The Morgan fingerprint density at radius 3 is 2.40 bits per heavy atom. The number of carbonyl (C=O) groups excluding carboxylic acids is 1. The number of nitrogens with zero attached hydrogens (tertiary/aromatic N) is 2. The van der Waals surface area contributed by atoms with Gasteiger partial charge in [0.15, 0.2) is 0 Å². The lowest BCUT2D eigenvalue weighted by Gasteiger charge is -2.20. The first-order valence-corrected chi connectivity index (χ1v) is 15.3. The molecule has 0 aliphatic carbocycles. The fourth-order valence-electron chi connectivity index (χ4n) is 5.12. The monoisotopic (exact) mass is 652 g/mol. The number of hydrogen-bond donors (Lipinski definition) is 0. The summed E-state index contributed by atoms with van der Waals surface area (Å²) in [5.74, 6) is 3.44. The summed E-state index contributed by atoms with van der Waals surface area (Å²) < 4.78 is 19.2. The number of fused-ring (bicyclic) bond motifs is 2. The van der Waals surface area contributed by atoms with Crippen LogP contribution in [-0.2, 0) is 0 Å². The lowest BCUT2D eigenvalue weighted by atomic mass is 10.1. The van der Waals surface area contributed by atoms with Crippen LogP contribution in [0.15, 0.2) is 53.5 Å². The number of rotatable bonds is 11. The van der Waals surface area contributed by atoms with E-state index < -0.39 is 0 Å². The van der Waals surface area contributed by atoms with Crippen molar-refractivity contribution >= 4 is 40.4 Å². The Morgan fingerprint density at radius 1 is 0.850 bits per heavy atom. The van der Waals surface area contributed by atoms with Gasteiger partial charge in [0, 0.05) is 18.8 Å². The largest absolute Gasteiger partial charge is 0.494 e. The van der Waals surface area contributed by atoms with Gasteiger partial charge in [-0.3, -0.25) is 9.79 Å². The molecule has 1 saturated heterocycles. The van der Waals surface area contributed by atoms with Crippen LogP contribution in [0.5, 0.6) is 23.0 Å². The van der Waals surface area contributed by atoms with E-state index in [9.17, 15) is 4.79 Å². The van der Waals surface area contributed by atoms with Crippen LogP contribution in [0, 0.1) is 24.3 Å². The first-order chi connectivity index (χ1) is 19.4. The SMILES string of the molecule is Cc1ccc(Oc2ccc(OCCCCCCOc3cc4c(cc3C)C(=O)N3CCC[C@H]3C=N4)cc2I)cc1C. The highest BCUT2D eigenvalue weighted by atomic mass is 127. The molecule has 2 aliphatic heterocycles. The summed E-state index contributed by atoms with van der Waals surface area (Å²) in [6.45, 7) is 8.33. The topological polar surface area (TPSA) is 60.4 Å². The number of amides is 1. The van der Waals surface area contributed by atoms with E-state index in [4.69, 9.17) is 14.2 Å². The predicted molar refractivity (Wildman–Crippen MR) is 168 cm³/mol. The van der Waals surface area contributed by atoms with Gasteiger partial charge in [-0.05, 0) is 135 Å². The molecule has 3 aromatic carbocycles. The molecule has 3 aromatic rings. The number of unbranched alkanes of at least 4 members (excludes halogenated alkanes) is 3. The Labute approximate surface area is 250 Å². The third kappa shape index (κ3) is 6.79. The molecule has 2 heterocycles. The number of aliphatic imine (C=N–C) groups is 1. The van der Waals surface area contributed by atoms with Crippen molar-refractivity contribution in [2.24, 2.45) is 4.99 Å². The molecule has 1 amide bonds. The smallest absolute Gasteiger partial charge is 0.256 e. The lowest BCUT2D eigenvalue weighted by molar-refractivity contribution is 0.0774. The van der Waals surface area contributed by atoms with Crippen molar-refractivity contribution in [3.63, 3.8) is 0 Å². The lowest BCUT2D eigenvalue weighted by Crippen LogP contribution is -2.35. The maximum Gasteiger partial charge on any atom is 0.256 e. The van der Waals surface area contributed by atoms with Gasteiger partial charge in [-0.2, -0.15) is 0 Å². The van der Waals surface area contributed by atoms with Crippen molar-refractivity contribution < 1.29 is 19.0 Å². The average Bonchev–Trinajstić information content (AvgIpc) is 3.37. The molecule has 40 heavy (non-hydrogen) atoms. The van der Waals surface area contributed by atoms with Crippen LogP contribution in [0.4, 0.5) is 5.69 Å². The van der Waals surface area contributed by atoms with Crippen LogP contribution in [-0.4, -0.2) is 42.8 Å². The third-order valence-electron chi connectivity index (χ3n) is 7.64. The molecular formula is C33H37IN2O4. The number of aryl methyl sites for hydroxylation is 3. The Balaban J connectivity index is 1.02. The molecule has 1 fully saturated rings. The quantitative estimate of drug-likeness (QED) is 0.154. The highest BCUT2D eigenvalue weighted by Crippen LogP contribution is 2.34. The first kappa shape index (κ1) is 28.5. The van der Waals surface area contributed by atoms with E-state index in [2.05, 4.69) is 53.6 Å². The number of ether oxygens (including phenoxy) is 3. The summed E-state index contributed by atoms with van der Waals surface area (Å²) in [5, 5.41) is 0. The second kappa shape index (κ2) is 13.1. The highest BCUT2D eigenvalue weighted by molar-refractivity contribution is 14.1. The second-order valence-electron chi connectivity index (χ2n) is 10.7. The van der Waals surface area contributed by atoms with Gasteiger partial charge in [0.05, 0.1) is 34.1 Å². The van der Waals surface area contributed by atoms with Gasteiger partial charge < -0.3 is 19.1 Å². The van der Waals surface area contributed by atoms with Gasteiger partial charge in [0.2, 0.25) is 0 Å². The number of halogens is 1. The van der Waals surface area contributed by atoms with Gasteiger partial charge in [-0.15, -0.1) is 0 Å². The van der Waals surface area contributed by atoms with Crippen LogP contribution in [0.2, 0.25) is 0 Å². The molecule has 0 bridgehead atoms. The molecule has 7 heteroatoms. The molecular weight excluding hydrogens is 615 g/mol. The second-order valence-corrected chi connectivity index (χ2v) is 11.8. The Kier molecular flexibility index (Phi) is 9.29. The minimum Gasteiger partial charge on any atom is -0.494 e. The van der Waals surface area contributed by atoms with Gasteiger partial charge >= 0.3 is 0 Å². The zero-order chi connectivity index (χ0) is 28.1. The molecule has 0 aromatic heterocycles. The first-order valence-electron chi connectivity index (χ1n) is 14.2. The standard InChI is InChI=1S/C33H37IN2O4/c1-22-10-11-27(17-23(22)2)40-31-13-12-26(19-29(31)34)38-15-6-4-5-7-16-39-32-20-30-28(18-24(32)3)33(37)36-14-8-9-25(36)21-35-30/h10-13,17-21,25H,4-9,14-16H2,1-3H3/t25-/m0/s1. The van der Waals surface area contributed by atoms with Crippen molar-refractivity contribution in [1.82, 2.24) is 4.90 Å². The number of carbonyl (C=O) groups is 1. The Bertz CT molecular complexity index is 1400. The summed E-state index contributed by atoms with van der Waals surface area (Å²) in [6.07, 6.45) is 8.06. The Hall–Kier alpha value is -3.07. The van der Waals surface area contributed by atoms with Gasteiger partial charge in [-0.1, -0.05) is 6.07 Å². The zero-order valence-corrected chi connectivity index (χ0v) is 25.7. The van der Waals surface area contributed by atoms with E-state index in [0.29, 0.717) is 18.8 Å². The van der Waals surface area contributed by atoms with Crippen LogP contribution in [0.3, 0.4) is 0 Å². The van der Waals surface area contributed by atoms with E-state index in [1.807, 2.05) is 54.4 Å². The fraction of sp³-hybridized carbons (Fsp3) is 0.394. The molecule has 2 aliphatic rings. The van der Waals surface area contributed by atoms with E-state index in [1.54, 1.807) is 0 Å². The van der Waals surface area contributed by atoms with Gasteiger partial charge in [0.25, 0.3) is 5.91 Å². The number of hydrogen-bond acceptors (Lipinski definition) is 5. The molecule has 5 rings (SSSR count). The van der Waals surface area contributed by atoms with Crippen molar-refractivity contribution in [1.29, 1.82) is 0 Å². The molecule has 0 unspecified atom stereocenters. The van der Waals surface area contributed by atoms with Crippen molar-refractivity contribution in [3.05, 3.63) is 74.4 Å². The van der Waals surface area contributed by atoms with Crippen molar-refractivity contribution in [2.45, 2.75) is 65.3 Å². The molecule has 1 atom stereocenters. The van der Waals surface area contributed by atoms with Crippen LogP contribution in [0.1, 0.15) is 65.6 Å². The third-order valence-corrected chi connectivity index (χ3v) is 8.49. The maximum absolute atomic E-state index is 13.0. The molecule has 6 nitrogen and oxygen atoms in total. The Morgan fingerprint density at radius 2 is 1.62 bits per heavy atom.